The predicted molar refractivity (Wildman–Crippen MR) is 96.8 cm³/mol. The first-order valence-electron chi connectivity index (χ1n) is 8.36. The molecule has 0 spiro atoms. The smallest absolute Gasteiger partial charge is 0.272 e. The molecule has 0 saturated heterocycles. The van der Waals surface area contributed by atoms with Gasteiger partial charge in [-0.2, -0.15) is 0 Å². The van der Waals surface area contributed by atoms with E-state index in [1.54, 1.807) is 19.5 Å². The van der Waals surface area contributed by atoms with E-state index in [0.29, 0.717) is 17.9 Å². The van der Waals surface area contributed by atoms with Crippen molar-refractivity contribution in [1.29, 1.82) is 0 Å². The number of nitrogens with zero attached hydrogens (tertiary/aromatic N) is 3. The zero-order chi connectivity index (χ0) is 17.8. The molecule has 0 bridgehead atoms. The van der Waals surface area contributed by atoms with Gasteiger partial charge in [-0.15, -0.1) is 0 Å². The van der Waals surface area contributed by atoms with Gasteiger partial charge in [-0.3, -0.25) is 4.79 Å². The molecule has 130 valence electrons. The summed E-state index contributed by atoms with van der Waals surface area (Å²) >= 11 is 0. The zero-order valence-corrected chi connectivity index (χ0v) is 14.7. The Bertz CT molecular complexity index is 857. The van der Waals surface area contributed by atoms with Crippen LogP contribution in [0.15, 0.2) is 42.7 Å². The van der Waals surface area contributed by atoms with Gasteiger partial charge in [-0.25, -0.2) is 9.97 Å². The van der Waals surface area contributed by atoms with E-state index in [2.05, 4.69) is 21.9 Å². The lowest BCUT2D eigenvalue weighted by Gasteiger charge is -2.28. The molecule has 0 radical (unpaired) electrons. The molecule has 0 fully saturated rings. The second kappa shape index (κ2) is 7.34. The fourth-order valence-electron chi connectivity index (χ4n) is 2.96. The van der Waals surface area contributed by atoms with Gasteiger partial charge in [-0.05, 0) is 50.1 Å². The number of nitrogens with one attached hydrogen (secondary N) is 1. The van der Waals surface area contributed by atoms with Crippen LogP contribution in [-0.4, -0.2) is 45.5 Å². The van der Waals surface area contributed by atoms with Gasteiger partial charge in [0.05, 0.1) is 19.0 Å². The van der Waals surface area contributed by atoms with Crippen LogP contribution in [0, 0.1) is 0 Å². The Morgan fingerprint density at radius 2 is 2.00 bits per heavy atom. The molecule has 3 rings (SSSR count). The predicted octanol–water partition coefficient (Wildman–Crippen LogP) is 3.06. The maximum Gasteiger partial charge on any atom is 0.272 e. The SMILES string of the molecule is CCN(C(=O)c1ccc2[nH]cnc2n1)[C@H](C)Cc1ccc(OC)cc1. The number of carbonyl (C=O) groups is 1. The van der Waals surface area contributed by atoms with Crippen LogP contribution in [0.2, 0.25) is 0 Å². The molecular formula is C19H22N4O2. The molecule has 2 heterocycles. The largest absolute Gasteiger partial charge is 0.497 e. The molecule has 1 aromatic carbocycles. The zero-order valence-electron chi connectivity index (χ0n) is 14.7. The second-order valence-corrected chi connectivity index (χ2v) is 5.96. The number of carbonyl (C=O) groups excluding carboxylic acids is 1. The van der Waals surface area contributed by atoms with E-state index in [-0.39, 0.29) is 11.9 Å². The van der Waals surface area contributed by atoms with Gasteiger partial charge >= 0.3 is 0 Å². The molecule has 1 atom stereocenters. The Morgan fingerprint density at radius 1 is 1.24 bits per heavy atom. The third kappa shape index (κ3) is 3.63. The Morgan fingerprint density at radius 3 is 2.68 bits per heavy atom. The summed E-state index contributed by atoms with van der Waals surface area (Å²) in [7, 11) is 1.65. The number of imidazole rings is 1. The first-order valence-corrected chi connectivity index (χ1v) is 8.36. The molecule has 1 amide bonds. The maximum absolute atomic E-state index is 12.9. The Kier molecular flexibility index (Phi) is 4.97. The van der Waals surface area contributed by atoms with Gasteiger partial charge in [0.25, 0.3) is 5.91 Å². The molecular weight excluding hydrogens is 316 g/mol. The number of fused-ring (bicyclic) bond motifs is 1. The van der Waals surface area contributed by atoms with Crippen molar-refractivity contribution < 1.29 is 9.53 Å². The van der Waals surface area contributed by atoms with Crippen molar-refractivity contribution in [2.45, 2.75) is 26.3 Å². The average molecular weight is 338 g/mol. The highest BCUT2D eigenvalue weighted by molar-refractivity contribution is 5.94. The number of amides is 1. The number of methoxy groups -OCH3 is 1. The molecule has 1 N–H and O–H groups in total. The molecule has 0 aliphatic rings. The molecule has 6 heteroatoms. The monoisotopic (exact) mass is 338 g/mol. The van der Waals surface area contributed by atoms with Gasteiger partial charge in [-0.1, -0.05) is 12.1 Å². The van der Waals surface area contributed by atoms with Gasteiger partial charge < -0.3 is 14.6 Å². The van der Waals surface area contributed by atoms with Crippen LogP contribution in [0.25, 0.3) is 11.2 Å². The van der Waals surface area contributed by atoms with E-state index in [4.69, 9.17) is 4.74 Å². The van der Waals surface area contributed by atoms with Gasteiger partial charge in [0, 0.05) is 12.6 Å². The van der Waals surface area contributed by atoms with Crippen LogP contribution in [0.3, 0.4) is 0 Å². The first-order chi connectivity index (χ1) is 12.1. The summed E-state index contributed by atoms with van der Waals surface area (Å²) in [5.41, 5.74) is 2.97. The molecule has 3 aromatic rings. The summed E-state index contributed by atoms with van der Waals surface area (Å²) in [6.45, 7) is 4.66. The Balaban J connectivity index is 1.75. The average Bonchev–Trinajstić information content (AvgIpc) is 3.10. The summed E-state index contributed by atoms with van der Waals surface area (Å²) in [6, 6.07) is 11.6. The number of benzene rings is 1. The second-order valence-electron chi connectivity index (χ2n) is 5.96. The minimum Gasteiger partial charge on any atom is -0.497 e. The van der Waals surface area contributed by atoms with E-state index in [1.165, 1.54) is 0 Å². The Hall–Kier alpha value is -2.89. The van der Waals surface area contributed by atoms with Crippen molar-refractivity contribution in [3.8, 4) is 5.75 Å². The van der Waals surface area contributed by atoms with Gasteiger partial charge in [0.2, 0.25) is 0 Å². The summed E-state index contributed by atoms with van der Waals surface area (Å²) in [6.07, 6.45) is 2.35. The summed E-state index contributed by atoms with van der Waals surface area (Å²) in [5.74, 6) is 0.754. The minimum atomic E-state index is -0.0755. The lowest BCUT2D eigenvalue weighted by molar-refractivity contribution is 0.0697. The van der Waals surface area contributed by atoms with E-state index in [1.807, 2.05) is 42.2 Å². The van der Waals surface area contributed by atoms with Crippen molar-refractivity contribution in [1.82, 2.24) is 19.9 Å². The lowest BCUT2D eigenvalue weighted by atomic mass is 10.1. The van der Waals surface area contributed by atoms with Crippen molar-refractivity contribution in [2.75, 3.05) is 13.7 Å². The van der Waals surface area contributed by atoms with Crippen LogP contribution in [0.4, 0.5) is 0 Å². The van der Waals surface area contributed by atoms with Crippen molar-refractivity contribution in [2.24, 2.45) is 0 Å². The van der Waals surface area contributed by atoms with E-state index in [9.17, 15) is 4.79 Å². The van der Waals surface area contributed by atoms with Crippen LogP contribution in [0.1, 0.15) is 29.9 Å². The number of rotatable bonds is 6. The summed E-state index contributed by atoms with van der Waals surface area (Å²) in [4.78, 5) is 26.2. The number of aromatic amines is 1. The van der Waals surface area contributed by atoms with Crippen molar-refractivity contribution in [3.05, 3.63) is 54.0 Å². The lowest BCUT2D eigenvalue weighted by Crippen LogP contribution is -2.40. The number of aromatic nitrogens is 3. The highest BCUT2D eigenvalue weighted by Gasteiger charge is 2.22. The third-order valence-electron chi connectivity index (χ3n) is 4.32. The van der Waals surface area contributed by atoms with Crippen LogP contribution in [-0.2, 0) is 6.42 Å². The summed E-state index contributed by atoms with van der Waals surface area (Å²) < 4.78 is 5.19. The standard InChI is InChI=1S/C19H22N4O2/c1-4-23(13(2)11-14-5-7-15(25-3)8-6-14)19(24)17-10-9-16-18(22-17)21-12-20-16/h5-10,12-13H,4,11H2,1-3H3,(H,20,21,22)/t13-/m1/s1. The van der Waals surface area contributed by atoms with Gasteiger partial charge in [0.15, 0.2) is 5.65 Å². The topological polar surface area (TPSA) is 71.1 Å². The first kappa shape index (κ1) is 17.0. The maximum atomic E-state index is 12.9. The number of H-pyrrole nitrogens is 1. The molecule has 2 aromatic heterocycles. The Labute approximate surface area is 146 Å². The molecule has 25 heavy (non-hydrogen) atoms. The summed E-state index contributed by atoms with van der Waals surface area (Å²) in [5, 5.41) is 0. The van der Waals surface area contributed by atoms with E-state index in [0.717, 1.165) is 23.3 Å². The molecule has 6 nitrogen and oxygen atoms in total. The van der Waals surface area contributed by atoms with Crippen molar-refractivity contribution in [3.63, 3.8) is 0 Å². The highest BCUT2D eigenvalue weighted by Crippen LogP contribution is 2.16. The third-order valence-corrected chi connectivity index (χ3v) is 4.32. The van der Waals surface area contributed by atoms with Gasteiger partial charge in [0.1, 0.15) is 11.4 Å². The van der Waals surface area contributed by atoms with Crippen LogP contribution < -0.4 is 4.74 Å². The number of hydrogen-bond acceptors (Lipinski definition) is 4. The van der Waals surface area contributed by atoms with Crippen molar-refractivity contribution >= 4 is 17.1 Å². The number of hydrogen-bond donors (Lipinski definition) is 1. The number of likely N-dealkylation sites (N-methyl/N-ethyl adjacent to an activating group) is 1. The minimum absolute atomic E-state index is 0.0579. The fraction of sp³-hybridized carbons (Fsp3) is 0.316. The van der Waals surface area contributed by atoms with E-state index < -0.39 is 0 Å². The number of pyridine rings is 1. The normalized spacial score (nSPS) is 12.1. The molecule has 0 saturated carbocycles. The molecule has 0 aliphatic heterocycles. The highest BCUT2D eigenvalue weighted by atomic mass is 16.5. The molecule has 0 unspecified atom stereocenters. The van der Waals surface area contributed by atoms with Crippen LogP contribution in [0.5, 0.6) is 5.75 Å². The van der Waals surface area contributed by atoms with Crippen LogP contribution >= 0.6 is 0 Å². The van der Waals surface area contributed by atoms with E-state index >= 15 is 0 Å². The quantitative estimate of drug-likeness (QED) is 0.750. The fourth-order valence-corrected chi connectivity index (χ4v) is 2.96. The molecule has 0 aliphatic carbocycles. The number of ether oxygens (including phenoxy) is 1.